The summed E-state index contributed by atoms with van der Waals surface area (Å²) < 4.78 is 13.1. The summed E-state index contributed by atoms with van der Waals surface area (Å²) in [5.41, 5.74) is 1.01. The summed E-state index contributed by atoms with van der Waals surface area (Å²) in [6.45, 7) is 10.5. The van der Waals surface area contributed by atoms with Gasteiger partial charge in [0.2, 0.25) is 0 Å². The van der Waals surface area contributed by atoms with Gasteiger partial charge in [0.25, 0.3) is 0 Å². The Morgan fingerprint density at radius 2 is 2.00 bits per heavy atom. The van der Waals surface area contributed by atoms with Crippen molar-refractivity contribution in [2.75, 3.05) is 13.1 Å². The van der Waals surface area contributed by atoms with Crippen LogP contribution in [0.4, 0.5) is 4.39 Å². The van der Waals surface area contributed by atoms with Crippen molar-refractivity contribution < 1.29 is 4.39 Å². The van der Waals surface area contributed by atoms with Crippen LogP contribution in [0, 0.1) is 11.7 Å². The second-order valence-corrected chi connectivity index (χ2v) is 5.42. The molecule has 0 radical (unpaired) electrons. The Hall–Kier alpha value is -0.890. The lowest BCUT2D eigenvalue weighted by atomic mass is 9.84. The van der Waals surface area contributed by atoms with E-state index in [9.17, 15) is 4.39 Å². The molecule has 0 amide bonds. The highest BCUT2D eigenvalue weighted by molar-refractivity contribution is 5.24. The molecule has 0 saturated carbocycles. The third-order valence-electron chi connectivity index (χ3n) is 2.73. The molecule has 0 saturated heterocycles. The minimum absolute atomic E-state index is 0.0308. The maximum atomic E-state index is 13.1. The summed E-state index contributed by atoms with van der Waals surface area (Å²) in [7, 11) is 0. The minimum atomic E-state index is -0.158. The van der Waals surface area contributed by atoms with E-state index in [0.29, 0.717) is 5.92 Å². The monoisotopic (exact) mass is 223 g/mol. The molecular weight excluding hydrogens is 201 g/mol. The molecule has 0 spiro atoms. The molecule has 2 heteroatoms. The van der Waals surface area contributed by atoms with Crippen LogP contribution in [0.15, 0.2) is 24.3 Å². The molecule has 0 aliphatic carbocycles. The Morgan fingerprint density at radius 1 is 1.31 bits per heavy atom. The van der Waals surface area contributed by atoms with Crippen molar-refractivity contribution in [1.29, 1.82) is 0 Å². The Kier molecular flexibility index (Phi) is 4.48. The Bertz CT molecular complexity index is 331. The van der Waals surface area contributed by atoms with Crippen molar-refractivity contribution in [2.24, 2.45) is 5.92 Å². The topological polar surface area (TPSA) is 12.0 Å². The molecule has 90 valence electrons. The van der Waals surface area contributed by atoms with E-state index in [-0.39, 0.29) is 11.2 Å². The van der Waals surface area contributed by atoms with Gasteiger partial charge in [-0.3, -0.25) is 0 Å². The molecule has 0 fully saturated rings. The summed E-state index contributed by atoms with van der Waals surface area (Å²) in [4.78, 5) is 0. The number of benzene rings is 1. The first kappa shape index (κ1) is 13.2. The Balaban J connectivity index is 2.62. The maximum Gasteiger partial charge on any atom is 0.123 e. The molecule has 0 aliphatic heterocycles. The summed E-state index contributed by atoms with van der Waals surface area (Å²) in [5, 5.41) is 3.42. The predicted octanol–water partition coefficient (Wildman–Crippen LogP) is 3.35. The summed E-state index contributed by atoms with van der Waals surface area (Å²) in [6, 6.07) is 6.87. The first-order valence-corrected chi connectivity index (χ1v) is 5.88. The lowest BCUT2D eigenvalue weighted by molar-refractivity contribution is 0.441. The second-order valence-electron chi connectivity index (χ2n) is 5.42. The average molecular weight is 223 g/mol. The molecule has 1 rings (SSSR count). The van der Waals surface area contributed by atoms with E-state index in [4.69, 9.17) is 0 Å². The first-order valence-electron chi connectivity index (χ1n) is 5.88. The highest BCUT2D eigenvalue weighted by Gasteiger charge is 2.20. The Labute approximate surface area is 98.1 Å². The fourth-order valence-corrected chi connectivity index (χ4v) is 1.68. The maximum absolute atomic E-state index is 13.1. The van der Waals surface area contributed by atoms with Gasteiger partial charge in [-0.2, -0.15) is 0 Å². The third kappa shape index (κ3) is 3.93. The summed E-state index contributed by atoms with van der Waals surface area (Å²) in [5.74, 6) is 0.484. The van der Waals surface area contributed by atoms with Crippen LogP contribution in [0.2, 0.25) is 0 Å². The fraction of sp³-hybridized carbons (Fsp3) is 0.571. The van der Waals surface area contributed by atoms with Crippen LogP contribution in [-0.4, -0.2) is 13.1 Å². The fourth-order valence-electron chi connectivity index (χ4n) is 1.68. The van der Waals surface area contributed by atoms with Crippen molar-refractivity contribution in [3.63, 3.8) is 0 Å². The normalized spacial score (nSPS) is 12.1. The van der Waals surface area contributed by atoms with Gasteiger partial charge in [0.15, 0.2) is 0 Å². The van der Waals surface area contributed by atoms with Crippen LogP contribution in [0.25, 0.3) is 0 Å². The highest BCUT2D eigenvalue weighted by atomic mass is 19.1. The molecule has 0 aliphatic rings. The SMILES string of the molecule is CC(C)CNCC(C)(C)c1cccc(F)c1. The molecular formula is C14H22FN. The van der Waals surface area contributed by atoms with Gasteiger partial charge in [-0.25, -0.2) is 4.39 Å². The van der Waals surface area contributed by atoms with E-state index in [0.717, 1.165) is 18.7 Å². The van der Waals surface area contributed by atoms with Crippen molar-refractivity contribution in [3.8, 4) is 0 Å². The van der Waals surface area contributed by atoms with Crippen molar-refractivity contribution in [1.82, 2.24) is 5.32 Å². The van der Waals surface area contributed by atoms with E-state index < -0.39 is 0 Å². The number of hydrogen-bond acceptors (Lipinski definition) is 1. The molecule has 1 aromatic rings. The van der Waals surface area contributed by atoms with Gasteiger partial charge in [-0.1, -0.05) is 39.8 Å². The van der Waals surface area contributed by atoms with Crippen molar-refractivity contribution in [2.45, 2.75) is 33.1 Å². The third-order valence-corrected chi connectivity index (χ3v) is 2.73. The predicted molar refractivity (Wildman–Crippen MR) is 67.1 cm³/mol. The van der Waals surface area contributed by atoms with E-state index in [1.165, 1.54) is 6.07 Å². The Morgan fingerprint density at radius 3 is 2.56 bits per heavy atom. The standard InChI is InChI=1S/C14H22FN/c1-11(2)9-16-10-14(3,4)12-6-5-7-13(15)8-12/h5-8,11,16H,9-10H2,1-4H3. The van der Waals surface area contributed by atoms with Crippen LogP contribution >= 0.6 is 0 Å². The minimum Gasteiger partial charge on any atom is -0.316 e. The van der Waals surface area contributed by atoms with E-state index in [2.05, 4.69) is 33.0 Å². The van der Waals surface area contributed by atoms with Crippen LogP contribution in [0.1, 0.15) is 33.3 Å². The van der Waals surface area contributed by atoms with Gasteiger partial charge < -0.3 is 5.32 Å². The van der Waals surface area contributed by atoms with Gasteiger partial charge in [-0.05, 0) is 30.2 Å². The number of hydrogen-bond donors (Lipinski definition) is 1. The van der Waals surface area contributed by atoms with Gasteiger partial charge in [0.1, 0.15) is 5.82 Å². The van der Waals surface area contributed by atoms with E-state index in [1.54, 1.807) is 12.1 Å². The zero-order valence-electron chi connectivity index (χ0n) is 10.7. The summed E-state index contributed by atoms with van der Waals surface area (Å²) >= 11 is 0. The highest BCUT2D eigenvalue weighted by Crippen LogP contribution is 2.22. The molecule has 1 N–H and O–H groups in total. The molecule has 16 heavy (non-hydrogen) atoms. The largest absolute Gasteiger partial charge is 0.316 e. The van der Waals surface area contributed by atoms with Crippen LogP contribution in [-0.2, 0) is 5.41 Å². The molecule has 0 aromatic heterocycles. The summed E-state index contributed by atoms with van der Waals surface area (Å²) in [6.07, 6.45) is 0. The van der Waals surface area contributed by atoms with Gasteiger partial charge >= 0.3 is 0 Å². The smallest absolute Gasteiger partial charge is 0.123 e. The molecule has 0 unspecified atom stereocenters. The average Bonchev–Trinajstić information content (AvgIpc) is 2.16. The lowest BCUT2D eigenvalue weighted by Crippen LogP contribution is -2.34. The zero-order valence-corrected chi connectivity index (χ0v) is 10.7. The molecule has 0 bridgehead atoms. The van der Waals surface area contributed by atoms with Crippen LogP contribution < -0.4 is 5.32 Å². The zero-order chi connectivity index (χ0) is 12.2. The van der Waals surface area contributed by atoms with E-state index in [1.807, 2.05) is 6.07 Å². The van der Waals surface area contributed by atoms with Gasteiger partial charge in [0.05, 0.1) is 0 Å². The van der Waals surface area contributed by atoms with Gasteiger partial charge in [-0.15, -0.1) is 0 Å². The van der Waals surface area contributed by atoms with Crippen molar-refractivity contribution in [3.05, 3.63) is 35.6 Å². The second kappa shape index (κ2) is 5.44. The van der Waals surface area contributed by atoms with Gasteiger partial charge in [0, 0.05) is 12.0 Å². The quantitative estimate of drug-likeness (QED) is 0.807. The number of halogens is 1. The number of rotatable bonds is 5. The first-order chi connectivity index (χ1) is 7.42. The number of nitrogens with one attached hydrogen (secondary N) is 1. The molecule has 0 heterocycles. The molecule has 0 atom stereocenters. The van der Waals surface area contributed by atoms with E-state index >= 15 is 0 Å². The van der Waals surface area contributed by atoms with Crippen LogP contribution in [0.5, 0.6) is 0 Å². The van der Waals surface area contributed by atoms with Crippen LogP contribution in [0.3, 0.4) is 0 Å². The lowest BCUT2D eigenvalue weighted by Gasteiger charge is -2.26. The molecule has 1 nitrogen and oxygen atoms in total. The van der Waals surface area contributed by atoms with Crippen molar-refractivity contribution >= 4 is 0 Å². The molecule has 1 aromatic carbocycles.